The molecule has 2 aromatic rings. The molecule has 1 N–H and O–H groups in total. The van der Waals surface area contributed by atoms with Crippen LogP contribution in [0.25, 0.3) is 0 Å². The van der Waals surface area contributed by atoms with Gasteiger partial charge in [0.15, 0.2) is 23.3 Å². The van der Waals surface area contributed by atoms with E-state index >= 15 is 0 Å². The molecule has 136 valence electrons. The highest BCUT2D eigenvalue weighted by Gasteiger charge is 2.32. The van der Waals surface area contributed by atoms with Gasteiger partial charge >= 0.3 is 0 Å². The van der Waals surface area contributed by atoms with Crippen molar-refractivity contribution in [3.63, 3.8) is 0 Å². The number of nitrogens with one attached hydrogen (secondary N) is 1. The highest BCUT2D eigenvalue weighted by molar-refractivity contribution is 6.13. The number of nitrogens with zero attached hydrogens (tertiary/aromatic N) is 1. The normalized spacial score (nSPS) is 13.1. The summed E-state index contributed by atoms with van der Waals surface area (Å²) in [4.78, 5) is 26.5. The van der Waals surface area contributed by atoms with E-state index in [2.05, 4.69) is 0 Å². The van der Waals surface area contributed by atoms with E-state index in [4.69, 9.17) is 0 Å². The first-order valence-electron chi connectivity index (χ1n) is 7.90. The van der Waals surface area contributed by atoms with Crippen LogP contribution >= 0.6 is 0 Å². The van der Waals surface area contributed by atoms with Crippen LogP contribution in [0.5, 0.6) is 0 Å². The maximum atomic E-state index is 13.8. The minimum Gasteiger partial charge on any atom is -0.334 e. The van der Waals surface area contributed by atoms with Gasteiger partial charge in [0.25, 0.3) is 11.8 Å². The van der Waals surface area contributed by atoms with Crippen molar-refractivity contribution in [3.05, 3.63) is 64.2 Å². The fourth-order valence-electron chi connectivity index (χ4n) is 2.92. The van der Waals surface area contributed by atoms with E-state index in [1.54, 1.807) is 11.0 Å². The largest absolute Gasteiger partial charge is 0.334 e. The summed E-state index contributed by atoms with van der Waals surface area (Å²) < 4.78 is 54.1. The third kappa shape index (κ3) is 2.91. The van der Waals surface area contributed by atoms with Crippen molar-refractivity contribution in [1.82, 2.24) is 4.90 Å². The van der Waals surface area contributed by atoms with Crippen LogP contribution in [0.2, 0.25) is 0 Å². The Hall–Kier alpha value is -2.90. The van der Waals surface area contributed by atoms with Crippen molar-refractivity contribution >= 4 is 17.5 Å². The lowest BCUT2D eigenvalue weighted by atomic mass is 10.0. The average Bonchev–Trinajstić information content (AvgIpc) is 2.93. The van der Waals surface area contributed by atoms with Gasteiger partial charge < -0.3 is 10.2 Å². The van der Waals surface area contributed by atoms with Crippen LogP contribution in [0.3, 0.4) is 0 Å². The second-order valence-electron chi connectivity index (χ2n) is 5.86. The molecule has 2 aromatic carbocycles. The van der Waals surface area contributed by atoms with Crippen LogP contribution in [0.4, 0.5) is 23.2 Å². The van der Waals surface area contributed by atoms with E-state index in [1.165, 1.54) is 12.1 Å². The molecule has 1 heterocycles. The Morgan fingerprint density at radius 3 is 2.42 bits per heavy atom. The van der Waals surface area contributed by atoms with Crippen molar-refractivity contribution in [1.29, 1.82) is 0 Å². The Morgan fingerprint density at radius 2 is 1.81 bits per heavy atom. The minimum atomic E-state index is -1.72. The van der Waals surface area contributed by atoms with Crippen LogP contribution < -0.4 is 5.32 Å². The first-order valence-corrected chi connectivity index (χ1v) is 7.90. The first kappa shape index (κ1) is 17.9. The fourth-order valence-corrected chi connectivity index (χ4v) is 2.92. The summed E-state index contributed by atoms with van der Waals surface area (Å²) in [5.74, 6) is -8.12. The molecule has 0 atom stereocenters. The lowest BCUT2D eigenvalue weighted by Gasteiger charge is -2.14. The van der Waals surface area contributed by atoms with Gasteiger partial charge in [-0.05, 0) is 18.1 Å². The topological polar surface area (TPSA) is 49.4 Å². The van der Waals surface area contributed by atoms with E-state index in [1.807, 2.05) is 12.2 Å². The molecule has 0 aromatic heterocycles. The SMILES string of the molecule is CCCN1Cc2cccc(C(=O)Nc3c(F)c(F)cc(F)c3F)c2C1=O. The minimum absolute atomic E-state index is 0.0483. The first-order chi connectivity index (χ1) is 12.3. The summed E-state index contributed by atoms with van der Waals surface area (Å²) in [5, 5.41) is 1.83. The Kier molecular flexibility index (Phi) is 4.67. The molecular weight excluding hydrogens is 352 g/mol. The van der Waals surface area contributed by atoms with Crippen LogP contribution in [0, 0.1) is 23.3 Å². The van der Waals surface area contributed by atoms with E-state index in [9.17, 15) is 27.2 Å². The maximum absolute atomic E-state index is 13.8. The zero-order valence-corrected chi connectivity index (χ0v) is 13.7. The van der Waals surface area contributed by atoms with Gasteiger partial charge in [-0.3, -0.25) is 9.59 Å². The number of benzene rings is 2. The molecule has 0 saturated heterocycles. The number of anilines is 1. The summed E-state index contributed by atoms with van der Waals surface area (Å²) in [6, 6.07) is 4.55. The maximum Gasteiger partial charge on any atom is 0.256 e. The number of amides is 2. The van der Waals surface area contributed by atoms with Gasteiger partial charge in [0.1, 0.15) is 5.69 Å². The summed E-state index contributed by atoms with van der Waals surface area (Å²) in [6.45, 7) is 2.71. The summed E-state index contributed by atoms with van der Waals surface area (Å²) in [5.41, 5.74) is -0.630. The molecule has 26 heavy (non-hydrogen) atoms. The third-order valence-corrected chi connectivity index (χ3v) is 4.10. The Labute approximate surface area is 146 Å². The molecule has 0 unspecified atom stereocenters. The Bertz CT molecular complexity index is 888. The van der Waals surface area contributed by atoms with Crippen molar-refractivity contribution in [3.8, 4) is 0 Å². The number of halogens is 4. The monoisotopic (exact) mass is 366 g/mol. The van der Waals surface area contributed by atoms with Crippen LogP contribution in [0.1, 0.15) is 39.6 Å². The Balaban J connectivity index is 1.98. The van der Waals surface area contributed by atoms with Gasteiger partial charge in [-0.15, -0.1) is 0 Å². The summed E-state index contributed by atoms with van der Waals surface area (Å²) in [7, 11) is 0. The van der Waals surface area contributed by atoms with Crippen molar-refractivity contribution < 1.29 is 27.2 Å². The van der Waals surface area contributed by atoms with Crippen LogP contribution in [0.15, 0.2) is 24.3 Å². The highest BCUT2D eigenvalue weighted by Crippen LogP contribution is 2.29. The molecule has 3 rings (SSSR count). The zero-order valence-electron chi connectivity index (χ0n) is 13.7. The standard InChI is InChI=1S/C18H14F4N2O2/c1-2-6-24-8-9-4-3-5-10(13(9)18(24)26)17(25)23-16-14(21)11(19)7-12(20)15(16)22/h3-5,7H,2,6,8H2,1H3,(H,23,25). The van der Waals surface area contributed by atoms with Crippen molar-refractivity contribution in [2.45, 2.75) is 19.9 Å². The van der Waals surface area contributed by atoms with Gasteiger partial charge in [-0.25, -0.2) is 17.6 Å². The summed E-state index contributed by atoms with van der Waals surface area (Å²) >= 11 is 0. The smallest absolute Gasteiger partial charge is 0.256 e. The molecule has 0 radical (unpaired) electrons. The average molecular weight is 366 g/mol. The molecule has 2 amide bonds. The molecule has 0 saturated carbocycles. The highest BCUT2D eigenvalue weighted by atomic mass is 19.2. The molecule has 0 spiro atoms. The van der Waals surface area contributed by atoms with Crippen molar-refractivity contribution in [2.24, 2.45) is 0 Å². The van der Waals surface area contributed by atoms with Gasteiger partial charge in [0.2, 0.25) is 0 Å². The number of hydrogen-bond donors (Lipinski definition) is 1. The van der Waals surface area contributed by atoms with Crippen LogP contribution in [-0.2, 0) is 6.54 Å². The van der Waals surface area contributed by atoms with Crippen LogP contribution in [-0.4, -0.2) is 23.3 Å². The number of carbonyl (C=O) groups excluding carboxylic acids is 2. The van der Waals surface area contributed by atoms with Gasteiger partial charge in [0.05, 0.1) is 11.1 Å². The number of carbonyl (C=O) groups is 2. The summed E-state index contributed by atoms with van der Waals surface area (Å²) in [6.07, 6.45) is 0.722. The van der Waals surface area contributed by atoms with Crippen molar-refractivity contribution in [2.75, 3.05) is 11.9 Å². The second-order valence-corrected chi connectivity index (χ2v) is 5.86. The van der Waals surface area contributed by atoms with Gasteiger partial charge in [-0.1, -0.05) is 19.1 Å². The number of rotatable bonds is 4. The molecule has 8 heteroatoms. The zero-order chi connectivity index (χ0) is 19.0. The third-order valence-electron chi connectivity index (χ3n) is 4.10. The second kappa shape index (κ2) is 6.78. The number of fused-ring (bicyclic) bond motifs is 1. The fraction of sp³-hybridized carbons (Fsp3) is 0.222. The molecule has 1 aliphatic rings. The predicted molar refractivity (Wildman–Crippen MR) is 85.7 cm³/mol. The Morgan fingerprint density at radius 1 is 1.15 bits per heavy atom. The van der Waals surface area contributed by atoms with Gasteiger partial charge in [-0.2, -0.15) is 0 Å². The molecule has 4 nitrogen and oxygen atoms in total. The van der Waals surface area contributed by atoms with E-state index < -0.39 is 34.9 Å². The van der Waals surface area contributed by atoms with E-state index in [0.717, 1.165) is 6.42 Å². The predicted octanol–water partition coefficient (Wildman–Crippen LogP) is 3.86. The van der Waals surface area contributed by atoms with E-state index in [-0.39, 0.29) is 23.1 Å². The molecule has 0 bridgehead atoms. The lowest BCUT2D eigenvalue weighted by molar-refractivity contribution is 0.0774. The lowest BCUT2D eigenvalue weighted by Crippen LogP contribution is -2.26. The molecule has 1 aliphatic heterocycles. The van der Waals surface area contributed by atoms with Gasteiger partial charge in [0, 0.05) is 19.2 Å². The van der Waals surface area contributed by atoms with E-state index in [0.29, 0.717) is 18.7 Å². The number of hydrogen-bond acceptors (Lipinski definition) is 2. The molecule has 0 fully saturated rings. The molecule has 0 aliphatic carbocycles. The molecular formula is C18H14F4N2O2. The quantitative estimate of drug-likeness (QED) is 0.660.